The summed E-state index contributed by atoms with van der Waals surface area (Å²) in [5, 5.41) is 22.0. The number of aryl methyl sites for hydroxylation is 2. The van der Waals surface area contributed by atoms with Crippen LogP contribution in [0.2, 0.25) is 0 Å². The minimum atomic E-state index is -1.74. The lowest BCUT2D eigenvalue weighted by Gasteiger charge is -2.15. The second kappa shape index (κ2) is 8.81. The van der Waals surface area contributed by atoms with Gasteiger partial charge in [-0.1, -0.05) is 0 Å². The molecule has 0 radical (unpaired) electrons. The van der Waals surface area contributed by atoms with Gasteiger partial charge in [0.2, 0.25) is 0 Å². The minimum Gasteiger partial charge on any atom is -0.457 e. The Kier molecular flexibility index (Phi) is 6.21. The van der Waals surface area contributed by atoms with E-state index in [2.05, 4.69) is 20.3 Å². The van der Waals surface area contributed by atoms with Gasteiger partial charge in [-0.25, -0.2) is 9.97 Å². The zero-order chi connectivity index (χ0) is 21.0. The molecule has 1 aromatic carbocycles. The van der Waals surface area contributed by atoms with Crippen molar-refractivity contribution >= 4 is 18.5 Å². The number of hydrogen-bond acceptors (Lipinski definition) is 7. The van der Waals surface area contributed by atoms with Gasteiger partial charge in [0.1, 0.15) is 17.3 Å². The number of amides is 1. The SMILES string of the molecule is Cc1cc(Oc2cc(B(O)O)cc(C(=O)NC(C)c3cnc(C)nc3)c2)ccn1. The molecular weight excluding hydrogens is 371 g/mol. The number of rotatable bonds is 6. The largest absolute Gasteiger partial charge is 0.488 e. The van der Waals surface area contributed by atoms with Gasteiger partial charge in [-0.3, -0.25) is 9.78 Å². The van der Waals surface area contributed by atoms with Crippen LogP contribution < -0.4 is 15.5 Å². The quantitative estimate of drug-likeness (QED) is 0.544. The number of nitrogens with one attached hydrogen (secondary N) is 1. The first kappa shape index (κ1) is 20.4. The predicted octanol–water partition coefficient (Wildman–Crippen LogP) is 1.45. The highest BCUT2D eigenvalue weighted by atomic mass is 16.5. The smallest absolute Gasteiger partial charge is 0.457 e. The summed E-state index contributed by atoms with van der Waals surface area (Å²) >= 11 is 0. The van der Waals surface area contributed by atoms with Crippen molar-refractivity contribution in [1.82, 2.24) is 20.3 Å². The lowest BCUT2D eigenvalue weighted by molar-refractivity contribution is 0.0939. The number of ether oxygens (including phenoxy) is 1. The standard InChI is InChI=1S/C20H21BN4O4/c1-12-6-18(4-5-22-12)29-19-8-15(7-17(9-19)21(27)28)20(26)25-13(2)16-10-23-14(3)24-11-16/h4-11,13,27-28H,1-3H3,(H,25,26). The summed E-state index contributed by atoms with van der Waals surface area (Å²) in [5.74, 6) is 1.08. The Morgan fingerprint density at radius 1 is 1.07 bits per heavy atom. The molecule has 1 unspecified atom stereocenters. The molecule has 0 aliphatic carbocycles. The third-order valence-corrected chi connectivity index (χ3v) is 4.24. The summed E-state index contributed by atoms with van der Waals surface area (Å²) in [6.07, 6.45) is 4.91. The zero-order valence-corrected chi connectivity index (χ0v) is 16.3. The normalized spacial score (nSPS) is 11.6. The monoisotopic (exact) mass is 392 g/mol. The van der Waals surface area contributed by atoms with E-state index in [4.69, 9.17) is 4.74 Å². The molecular formula is C20H21BN4O4. The highest BCUT2D eigenvalue weighted by molar-refractivity contribution is 6.58. The molecule has 0 fully saturated rings. The van der Waals surface area contributed by atoms with Crippen molar-refractivity contribution in [2.75, 3.05) is 0 Å². The molecule has 3 aromatic rings. The topological polar surface area (TPSA) is 117 Å². The van der Waals surface area contributed by atoms with E-state index in [1.165, 1.54) is 18.2 Å². The number of nitrogens with zero attached hydrogens (tertiary/aromatic N) is 3. The molecule has 0 spiro atoms. The lowest BCUT2D eigenvalue weighted by Crippen LogP contribution is -2.32. The third kappa shape index (κ3) is 5.37. The van der Waals surface area contributed by atoms with Gasteiger partial charge in [-0.15, -0.1) is 0 Å². The molecule has 0 aliphatic heterocycles. The van der Waals surface area contributed by atoms with Crippen LogP contribution in [-0.4, -0.2) is 38.0 Å². The van der Waals surface area contributed by atoms with E-state index >= 15 is 0 Å². The first-order chi connectivity index (χ1) is 13.8. The molecule has 0 bridgehead atoms. The van der Waals surface area contributed by atoms with E-state index in [-0.39, 0.29) is 17.1 Å². The Morgan fingerprint density at radius 2 is 1.79 bits per heavy atom. The minimum absolute atomic E-state index is 0.143. The van der Waals surface area contributed by atoms with E-state index in [0.29, 0.717) is 17.3 Å². The molecule has 1 amide bonds. The summed E-state index contributed by atoms with van der Waals surface area (Å²) in [7, 11) is -1.74. The highest BCUT2D eigenvalue weighted by Crippen LogP contribution is 2.22. The summed E-state index contributed by atoms with van der Waals surface area (Å²) in [5.41, 5.74) is 1.90. The van der Waals surface area contributed by atoms with Crippen LogP contribution in [0, 0.1) is 13.8 Å². The van der Waals surface area contributed by atoms with E-state index in [9.17, 15) is 14.8 Å². The Bertz CT molecular complexity index is 1010. The summed E-state index contributed by atoms with van der Waals surface area (Å²) < 4.78 is 5.78. The Balaban J connectivity index is 1.84. The summed E-state index contributed by atoms with van der Waals surface area (Å²) in [6.45, 7) is 5.42. The van der Waals surface area contributed by atoms with Crippen molar-refractivity contribution in [3.63, 3.8) is 0 Å². The van der Waals surface area contributed by atoms with Crippen molar-refractivity contribution in [2.45, 2.75) is 26.8 Å². The van der Waals surface area contributed by atoms with Gasteiger partial charge in [0, 0.05) is 41.5 Å². The number of benzene rings is 1. The van der Waals surface area contributed by atoms with Crippen LogP contribution in [0.3, 0.4) is 0 Å². The Hall–Kier alpha value is -3.30. The zero-order valence-electron chi connectivity index (χ0n) is 16.3. The molecule has 29 heavy (non-hydrogen) atoms. The van der Waals surface area contributed by atoms with Gasteiger partial charge in [-0.2, -0.15) is 0 Å². The van der Waals surface area contributed by atoms with Crippen LogP contribution in [0.4, 0.5) is 0 Å². The molecule has 3 rings (SSSR count). The molecule has 148 valence electrons. The second-order valence-electron chi connectivity index (χ2n) is 6.66. The number of hydrogen-bond donors (Lipinski definition) is 3. The first-order valence-corrected chi connectivity index (χ1v) is 9.03. The van der Waals surface area contributed by atoms with Gasteiger partial charge < -0.3 is 20.1 Å². The number of aromatic nitrogens is 3. The van der Waals surface area contributed by atoms with Crippen LogP contribution in [0.25, 0.3) is 0 Å². The average molecular weight is 392 g/mol. The summed E-state index contributed by atoms with van der Waals surface area (Å²) in [6, 6.07) is 7.49. The third-order valence-electron chi connectivity index (χ3n) is 4.24. The Labute approximate surface area is 168 Å². The molecule has 0 saturated heterocycles. The van der Waals surface area contributed by atoms with Gasteiger partial charge >= 0.3 is 7.12 Å². The van der Waals surface area contributed by atoms with E-state index in [1.54, 1.807) is 37.6 Å². The maximum atomic E-state index is 12.7. The first-order valence-electron chi connectivity index (χ1n) is 9.03. The van der Waals surface area contributed by atoms with Crippen LogP contribution in [-0.2, 0) is 0 Å². The fraction of sp³-hybridized carbons (Fsp3) is 0.200. The van der Waals surface area contributed by atoms with Crippen LogP contribution in [0.1, 0.15) is 40.4 Å². The predicted molar refractivity (Wildman–Crippen MR) is 108 cm³/mol. The fourth-order valence-corrected chi connectivity index (χ4v) is 2.67. The average Bonchev–Trinajstić information content (AvgIpc) is 2.68. The fourth-order valence-electron chi connectivity index (χ4n) is 2.67. The number of carbonyl (C=O) groups is 1. The number of carbonyl (C=O) groups excluding carboxylic acids is 1. The van der Waals surface area contributed by atoms with Gasteiger partial charge in [0.15, 0.2) is 0 Å². The summed E-state index contributed by atoms with van der Waals surface area (Å²) in [4.78, 5) is 25.1. The van der Waals surface area contributed by atoms with Crippen molar-refractivity contribution in [2.24, 2.45) is 0 Å². The van der Waals surface area contributed by atoms with Gasteiger partial charge in [-0.05, 0) is 50.5 Å². The molecule has 1 atom stereocenters. The van der Waals surface area contributed by atoms with Crippen LogP contribution in [0.15, 0.2) is 48.9 Å². The van der Waals surface area contributed by atoms with Crippen LogP contribution >= 0.6 is 0 Å². The van der Waals surface area contributed by atoms with Crippen molar-refractivity contribution < 1.29 is 19.6 Å². The van der Waals surface area contributed by atoms with Crippen molar-refractivity contribution in [3.8, 4) is 11.5 Å². The van der Waals surface area contributed by atoms with Crippen LogP contribution in [0.5, 0.6) is 11.5 Å². The molecule has 3 N–H and O–H groups in total. The maximum Gasteiger partial charge on any atom is 0.488 e. The van der Waals surface area contributed by atoms with E-state index in [0.717, 1.165) is 11.3 Å². The van der Waals surface area contributed by atoms with Gasteiger partial charge in [0.05, 0.1) is 6.04 Å². The number of pyridine rings is 1. The molecule has 2 heterocycles. The van der Waals surface area contributed by atoms with Crippen molar-refractivity contribution in [1.29, 1.82) is 0 Å². The second-order valence-corrected chi connectivity index (χ2v) is 6.66. The van der Waals surface area contributed by atoms with E-state index < -0.39 is 13.0 Å². The van der Waals surface area contributed by atoms with Crippen molar-refractivity contribution in [3.05, 3.63) is 71.6 Å². The Morgan fingerprint density at radius 3 is 2.45 bits per heavy atom. The molecule has 0 saturated carbocycles. The molecule has 9 heteroatoms. The van der Waals surface area contributed by atoms with Gasteiger partial charge in [0.25, 0.3) is 5.91 Å². The lowest BCUT2D eigenvalue weighted by atomic mass is 9.79. The molecule has 2 aromatic heterocycles. The highest BCUT2D eigenvalue weighted by Gasteiger charge is 2.19. The molecule has 8 nitrogen and oxygen atoms in total. The maximum absolute atomic E-state index is 12.7. The van der Waals surface area contributed by atoms with E-state index in [1.807, 2.05) is 13.8 Å². The molecule has 0 aliphatic rings.